The number of aromatic nitrogens is 2. The van der Waals surface area contributed by atoms with Gasteiger partial charge in [-0.15, -0.1) is 11.3 Å². The molecule has 0 fully saturated rings. The first-order valence-corrected chi connectivity index (χ1v) is 19.6. The van der Waals surface area contributed by atoms with Gasteiger partial charge in [0, 0.05) is 15.6 Å². The van der Waals surface area contributed by atoms with E-state index in [0.717, 1.165) is 17.6 Å². The van der Waals surface area contributed by atoms with Crippen molar-refractivity contribution in [2.24, 2.45) is 11.3 Å². The van der Waals surface area contributed by atoms with Crippen LogP contribution >= 0.6 is 11.3 Å². The molecule has 0 radical (unpaired) electrons. The maximum atomic E-state index is 4.94. The zero-order valence-electron chi connectivity index (χ0n) is 27.2. The fourth-order valence-corrected chi connectivity index (χ4v) is 12.2. The number of hydrogen-bond donors (Lipinski definition) is 0. The first-order chi connectivity index (χ1) is 20.3. The Morgan fingerprint density at radius 2 is 1.56 bits per heavy atom. The van der Waals surface area contributed by atoms with Crippen LogP contribution in [0.2, 0.25) is 19.1 Å². The lowest BCUT2D eigenvalue weighted by Gasteiger charge is -2.27. The molecular formula is C39H44N2SSi. The lowest BCUT2D eigenvalue weighted by atomic mass is 9.86. The molecule has 0 saturated heterocycles. The van der Waals surface area contributed by atoms with Crippen LogP contribution in [0.4, 0.5) is 0 Å². The van der Waals surface area contributed by atoms with Crippen LogP contribution < -0.4 is 5.19 Å². The van der Waals surface area contributed by atoms with E-state index in [2.05, 4.69) is 128 Å². The largest absolute Gasteiger partial charge is 0.235 e. The number of rotatable bonds is 6. The highest BCUT2D eigenvalue weighted by atomic mass is 32.1. The fraction of sp³-hybridized carbons (Fsp3) is 0.333. The summed E-state index contributed by atoms with van der Waals surface area (Å²) in [7, 11) is -1.69. The molecule has 2 aromatic heterocycles. The molecule has 0 N–H and O–H groups in total. The van der Waals surface area contributed by atoms with Gasteiger partial charge in [0.25, 0.3) is 0 Å². The SMILES string of the molecule is Cc1cc(CC(C)(C)C)ccc1-c1ccc2c(sc3c(-c4cc([Si](C)(C)CC(C)C)c5ccccc5c4)ncnc32)c1C. The molecule has 0 spiro atoms. The standard InChI is InChI=1S/C39H44N2SSi/c1-24(2)22-43(8,9)34-20-29(19-28-12-10-11-13-32(28)34)35-38-36(41-23-40-35)33-17-16-31(26(4)37(33)42-38)30-15-14-27(18-25(30)3)21-39(5,6)7/h10-20,23-24H,21-22H2,1-9H3. The highest BCUT2D eigenvalue weighted by Crippen LogP contribution is 2.43. The van der Waals surface area contributed by atoms with E-state index >= 15 is 0 Å². The van der Waals surface area contributed by atoms with Crippen LogP contribution in [-0.2, 0) is 6.42 Å². The van der Waals surface area contributed by atoms with Gasteiger partial charge >= 0.3 is 0 Å². The minimum absolute atomic E-state index is 0.275. The van der Waals surface area contributed by atoms with Crippen molar-refractivity contribution < 1.29 is 0 Å². The van der Waals surface area contributed by atoms with E-state index in [0.29, 0.717) is 5.92 Å². The Balaban J connectivity index is 1.51. The maximum absolute atomic E-state index is 4.94. The Hall–Kier alpha value is -3.34. The van der Waals surface area contributed by atoms with Crippen LogP contribution in [0, 0.1) is 25.2 Å². The second kappa shape index (κ2) is 11.0. The number of aryl methyl sites for hydroxylation is 2. The first kappa shape index (κ1) is 29.7. The predicted molar refractivity (Wildman–Crippen MR) is 193 cm³/mol. The summed E-state index contributed by atoms with van der Waals surface area (Å²) in [5.74, 6) is 0.674. The molecule has 220 valence electrons. The molecule has 4 aromatic carbocycles. The summed E-state index contributed by atoms with van der Waals surface area (Å²) in [4.78, 5) is 9.78. The highest BCUT2D eigenvalue weighted by Gasteiger charge is 2.28. The van der Waals surface area contributed by atoms with Crippen LogP contribution in [0.3, 0.4) is 0 Å². The number of thiophene rings is 1. The Bertz CT molecular complexity index is 1990. The van der Waals surface area contributed by atoms with E-state index in [1.54, 1.807) is 6.33 Å². The van der Waals surface area contributed by atoms with Crippen LogP contribution in [0.5, 0.6) is 0 Å². The van der Waals surface area contributed by atoms with E-state index in [4.69, 9.17) is 9.97 Å². The summed E-state index contributed by atoms with van der Waals surface area (Å²) in [6.07, 6.45) is 2.84. The predicted octanol–water partition coefficient (Wildman–Crippen LogP) is 11.1. The summed E-state index contributed by atoms with van der Waals surface area (Å²) < 4.78 is 2.49. The first-order valence-electron chi connectivity index (χ1n) is 15.6. The van der Waals surface area contributed by atoms with E-state index in [1.807, 2.05) is 11.3 Å². The Morgan fingerprint density at radius 1 is 0.814 bits per heavy atom. The zero-order valence-corrected chi connectivity index (χ0v) is 29.0. The molecular weight excluding hydrogens is 557 g/mol. The second-order valence-corrected chi connectivity index (χ2v) is 20.5. The van der Waals surface area contributed by atoms with Crippen molar-refractivity contribution in [3.05, 3.63) is 89.7 Å². The molecule has 6 aromatic rings. The van der Waals surface area contributed by atoms with Gasteiger partial charge in [0.2, 0.25) is 0 Å². The average Bonchev–Trinajstić information content (AvgIpc) is 3.31. The van der Waals surface area contributed by atoms with Crippen molar-refractivity contribution in [1.29, 1.82) is 0 Å². The number of fused-ring (bicyclic) bond motifs is 4. The van der Waals surface area contributed by atoms with Crippen molar-refractivity contribution in [1.82, 2.24) is 9.97 Å². The molecule has 43 heavy (non-hydrogen) atoms. The highest BCUT2D eigenvalue weighted by molar-refractivity contribution is 7.26. The molecule has 0 unspecified atom stereocenters. The maximum Gasteiger partial charge on any atom is 0.116 e. The molecule has 2 heterocycles. The van der Waals surface area contributed by atoms with Gasteiger partial charge in [0.15, 0.2) is 0 Å². The Labute approximate surface area is 262 Å². The minimum Gasteiger partial charge on any atom is -0.235 e. The Morgan fingerprint density at radius 3 is 2.28 bits per heavy atom. The van der Waals surface area contributed by atoms with Gasteiger partial charge in [-0.25, -0.2) is 9.97 Å². The van der Waals surface area contributed by atoms with Crippen LogP contribution in [0.15, 0.2) is 73.1 Å². The van der Waals surface area contributed by atoms with Crippen molar-refractivity contribution in [2.75, 3.05) is 0 Å². The van der Waals surface area contributed by atoms with Crippen molar-refractivity contribution in [2.45, 2.75) is 74.0 Å². The molecule has 0 amide bonds. The minimum atomic E-state index is -1.69. The van der Waals surface area contributed by atoms with Crippen LogP contribution in [-0.4, -0.2) is 18.0 Å². The van der Waals surface area contributed by atoms with Gasteiger partial charge in [-0.1, -0.05) is 120 Å². The van der Waals surface area contributed by atoms with E-state index in [1.165, 1.54) is 70.2 Å². The molecule has 0 aliphatic heterocycles. The van der Waals surface area contributed by atoms with Crippen molar-refractivity contribution >= 4 is 55.7 Å². The summed E-state index contributed by atoms with van der Waals surface area (Å²) in [6.45, 7) is 21.2. The van der Waals surface area contributed by atoms with Gasteiger partial charge in [0.05, 0.1) is 24.0 Å². The van der Waals surface area contributed by atoms with E-state index in [-0.39, 0.29) is 5.41 Å². The number of benzene rings is 4. The fourth-order valence-electron chi connectivity index (χ4n) is 7.16. The second-order valence-electron chi connectivity index (χ2n) is 14.7. The van der Waals surface area contributed by atoms with Crippen LogP contribution in [0.1, 0.15) is 51.3 Å². The third kappa shape index (κ3) is 5.68. The quantitative estimate of drug-likeness (QED) is 0.178. The summed E-state index contributed by atoms with van der Waals surface area (Å²) in [5, 5.41) is 5.46. The van der Waals surface area contributed by atoms with Gasteiger partial charge in [-0.2, -0.15) is 0 Å². The van der Waals surface area contributed by atoms with Gasteiger partial charge in [-0.3, -0.25) is 0 Å². The summed E-state index contributed by atoms with van der Waals surface area (Å²) in [5.41, 5.74) is 10.3. The third-order valence-electron chi connectivity index (χ3n) is 8.77. The normalized spacial score (nSPS) is 12.7. The van der Waals surface area contributed by atoms with E-state index < -0.39 is 8.07 Å². The van der Waals surface area contributed by atoms with Gasteiger partial charge < -0.3 is 0 Å². The molecule has 0 aliphatic carbocycles. The summed E-state index contributed by atoms with van der Waals surface area (Å²) >= 11 is 1.85. The number of hydrogen-bond acceptors (Lipinski definition) is 3. The van der Waals surface area contributed by atoms with E-state index in [9.17, 15) is 0 Å². The molecule has 0 atom stereocenters. The topological polar surface area (TPSA) is 25.8 Å². The lowest BCUT2D eigenvalue weighted by molar-refractivity contribution is 0.411. The smallest absolute Gasteiger partial charge is 0.116 e. The van der Waals surface area contributed by atoms with Gasteiger partial charge in [0.1, 0.15) is 6.33 Å². The number of nitrogens with zero attached hydrogens (tertiary/aromatic N) is 2. The third-order valence-corrected chi connectivity index (χ3v) is 13.8. The Kier molecular flexibility index (Phi) is 7.59. The molecule has 4 heteroatoms. The monoisotopic (exact) mass is 600 g/mol. The molecule has 2 nitrogen and oxygen atoms in total. The molecule has 6 rings (SSSR count). The average molecular weight is 601 g/mol. The zero-order chi connectivity index (χ0) is 30.7. The van der Waals surface area contributed by atoms with Crippen molar-refractivity contribution in [3.63, 3.8) is 0 Å². The molecule has 0 aliphatic rings. The lowest BCUT2D eigenvalue weighted by Crippen LogP contribution is -2.42. The summed E-state index contributed by atoms with van der Waals surface area (Å²) in [6, 6.07) is 26.6. The van der Waals surface area contributed by atoms with Crippen molar-refractivity contribution in [3.8, 4) is 22.4 Å². The molecule has 0 bridgehead atoms. The molecule has 0 saturated carbocycles. The van der Waals surface area contributed by atoms with Gasteiger partial charge in [-0.05, 0) is 76.3 Å². The van der Waals surface area contributed by atoms with Crippen LogP contribution in [0.25, 0.3) is 53.5 Å².